The van der Waals surface area contributed by atoms with Crippen LogP contribution in [-0.4, -0.2) is 25.2 Å². The van der Waals surface area contributed by atoms with Crippen molar-refractivity contribution >= 4 is 18.1 Å². The molecule has 0 aliphatic rings. The molecule has 6 nitrogen and oxygen atoms in total. The topological polar surface area (TPSA) is 77.0 Å². The van der Waals surface area contributed by atoms with Crippen LogP contribution < -0.4 is 14.9 Å². The third kappa shape index (κ3) is 4.82. The largest absolute Gasteiger partial charge is 0.496 e. The Balaban J connectivity index is 1.58. The summed E-state index contributed by atoms with van der Waals surface area (Å²) in [6, 6.07) is 22.4. The highest BCUT2D eigenvalue weighted by Crippen LogP contribution is 2.17. The lowest BCUT2D eigenvalue weighted by molar-refractivity contribution is 0.0734. The second kappa shape index (κ2) is 9.14. The lowest BCUT2D eigenvalue weighted by Crippen LogP contribution is -2.18. The maximum Gasteiger partial charge on any atom is 0.343 e. The predicted molar refractivity (Wildman–Crippen MR) is 106 cm³/mol. The molecule has 0 fully saturated rings. The van der Waals surface area contributed by atoms with Crippen LogP contribution in [0.25, 0.3) is 0 Å². The standard InChI is InChI=1S/C22H18N2O4/c1-27-20-10-6-5-9-19(20)21(25)24-23-15-16-11-13-18(14-12-16)28-22(26)17-7-3-2-4-8-17/h2-15H,1H3,(H,24,25)/b23-15+. The Morgan fingerprint density at radius 1 is 0.893 bits per heavy atom. The molecule has 0 aromatic heterocycles. The van der Waals surface area contributed by atoms with Crippen LogP contribution in [0.5, 0.6) is 11.5 Å². The van der Waals surface area contributed by atoms with Crippen molar-refractivity contribution in [1.29, 1.82) is 0 Å². The van der Waals surface area contributed by atoms with Crippen molar-refractivity contribution in [3.8, 4) is 11.5 Å². The van der Waals surface area contributed by atoms with Crippen molar-refractivity contribution in [3.05, 3.63) is 95.6 Å². The first-order valence-electron chi connectivity index (χ1n) is 8.51. The molecule has 6 heteroatoms. The van der Waals surface area contributed by atoms with Crippen molar-refractivity contribution in [2.24, 2.45) is 5.10 Å². The number of para-hydroxylation sites is 1. The number of nitrogens with one attached hydrogen (secondary N) is 1. The first-order valence-corrected chi connectivity index (χ1v) is 8.51. The second-order valence-corrected chi connectivity index (χ2v) is 5.72. The molecule has 0 bridgehead atoms. The number of hydrogen-bond donors (Lipinski definition) is 1. The van der Waals surface area contributed by atoms with Gasteiger partial charge < -0.3 is 9.47 Å². The minimum atomic E-state index is -0.425. The Bertz CT molecular complexity index is 983. The Kier molecular flexibility index (Phi) is 6.15. The average Bonchev–Trinajstić information content (AvgIpc) is 2.75. The van der Waals surface area contributed by atoms with E-state index < -0.39 is 5.97 Å². The zero-order valence-corrected chi connectivity index (χ0v) is 15.2. The van der Waals surface area contributed by atoms with Gasteiger partial charge in [0.05, 0.1) is 24.5 Å². The van der Waals surface area contributed by atoms with E-state index in [0.29, 0.717) is 22.6 Å². The molecule has 3 rings (SSSR count). The zero-order chi connectivity index (χ0) is 19.8. The molecule has 0 spiro atoms. The highest BCUT2D eigenvalue weighted by Gasteiger charge is 2.10. The van der Waals surface area contributed by atoms with Gasteiger partial charge in [-0.05, 0) is 54.1 Å². The Morgan fingerprint density at radius 2 is 1.57 bits per heavy atom. The van der Waals surface area contributed by atoms with Crippen LogP contribution in [0.3, 0.4) is 0 Å². The predicted octanol–water partition coefficient (Wildman–Crippen LogP) is 3.68. The third-order valence-corrected chi connectivity index (χ3v) is 3.83. The van der Waals surface area contributed by atoms with Crippen molar-refractivity contribution < 1.29 is 19.1 Å². The Labute approximate surface area is 162 Å². The van der Waals surface area contributed by atoms with Gasteiger partial charge in [-0.3, -0.25) is 4.79 Å². The number of methoxy groups -OCH3 is 1. The van der Waals surface area contributed by atoms with Crippen LogP contribution in [0.4, 0.5) is 0 Å². The molecule has 1 amide bonds. The molecule has 0 unspecified atom stereocenters. The molecular weight excluding hydrogens is 356 g/mol. The quantitative estimate of drug-likeness (QED) is 0.309. The molecule has 0 saturated heterocycles. The van der Waals surface area contributed by atoms with Gasteiger partial charge in [0.2, 0.25) is 0 Å². The number of carbonyl (C=O) groups is 2. The summed E-state index contributed by atoms with van der Waals surface area (Å²) < 4.78 is 10.5. The maximum atomic E-state index is 12.2. The van der Waals surface area contributed by atoms with Crippen LogP contribution in [0.2, 0.25) is 0 Å². The van der Waals surface area contributed by atoms with E-state index in [1.165, 1.54) is 13.3 Å². The van der Waals surface area contributed by atoms with E-state index in [0.717, 1.165) is 5.56 Å². The van der Waals surface area contributed by atoms with Crippen molar-refractivity contribution in [3.63, 3.8) is 0 Å². The number of benzene rings is 3. The van der Waals surface area contributed by atoms with Gasteiger partial charge in [-0.25, -0.2) is 10.2 Å². The van der Waals surface area contributed by atoms with Gasteiger partial charge in [0.1, 0.15) is 11.5 Å². The summed E-state index contributed by atoms with van der Waals surface area (Å²) in [5.41, 5.74) is 4.06. The molecule has 1 N–H and O–H groups in total. The molecule has 0 radical (unpaired) electrons. The summed E-state index contributed by atoms with van der Waals surface area (Å²) in [6.45, 7) is 0. The first-order chi connectivity index (χ1) is 13.7. The minimum Gasteiger partial charge on any atom is -0.496 e. The summed E-state index contributed by atoms with van der Waals surface area (Å²) in [4.78, 5) is 24.2. The van der Waals surface area contributed by atoms with Gasteiger partial charge in [-0.2, -0.15) is 5.10 Å². The highest BCUT2D eigenvalue weighted by molar-refractivity contribution is 5.97. The Hall–Kier alpha value is -3.93. The fraction of sp³-hybridized carbons (Fsp3) is 0.0455. The van der Waals surface area contributed by atoms with Crippen LogP contribution in [0, 0.1) is 0 Å². The molecule has 0 saturated carbocycles. The molecule has 3 aromatic carbocycles. The maximum absolute atomic E-state index is 12.2. The highest BCUT2D eigenvalue weighted by atomic mass is 16.5. The molecule has 28 heavy (non-hydrogen) atoms. The minimum absolute atomic E-state index is 0.373. The van der Waals surface area contributed by atoms with Crippen LogP contribution >= 0.6 is 0 Å². The van der Waals surface area contributed by atoms with Crippen LogP contribution in [0.15, 0.2) is 84.0 Å². The summed E-state index contributed by atoms with van der Waals surface area (Å²) >= 11 is 0. The number of amides is 1. The summed E-state index contributed by atoms with van der Waals surface area (Å²) in [5, 5.41) is 3.94. The SMILES string of the molecule is COc1ccccc1C(=O)N/N=C/c1ccc(OC(=O)c2ccccc2)cc1. The molecule has 3 aromatic rings. The smallest absolute Gasteiger partial charge is 0.343 e. The fourth-order valence-corrected chi connectivity index (χ4v) is 2.42. The van der Waals surface area contributed by atoms with E-state index >= 15 is 0 Å². The molecule has 0 aliphatic heterocycles. The van der Waals surface area contributed by atoms with Gasteiger partial charge in [-0.15, -0.1) is 0 Å². The fourth-order valence-electron chi connectivity index (χ4n) is 2.42. The van der Waals surface area contributed by atoms with E-state index in [9.17, 15) is 9.59 Å². The number of ether oxygens (including phenoxy) is 2. The van der Waals surface area contributed by atoms with Gasteiger partial charge in [0.15, 0.2) is 0 Å². The van der Waals surface area contributed by atoms with E-state index in [1.54, 1.807) is 72.8 Å². The van der Waals surface area contributed by atoms with E-state index in [-0.39, 0.29) is 5.91 Å². The average molecular weight is 374 g/mol. The molecule has 0 heterocycles. The lowest BCUT2D eigenvalue weighted by Gasteiger charge is -2.06. The molecule has 140 valence electrons. The lowest BCUT2D eigenvalue weighted by atomic mass is 10.2. The Morgan fingerprint density at radius 3 is 2.29 bits per heavy atom. The zero-order valence-electron chi connectivity index (χ0n) is 15.2. The number of hydrazone groups is 1. The summed E-state index contributed by atoms with van der Waals surface area (Å²) in [6.07, 6.45) is 1.50. The number of hydrogen-bond acceptors (Lipinski definition) is 5. The molecular formula is C22H18N2O4. The number of esters is 1. The summed E-state index contributed by atoms with van der Waals surface area (Å²) in [5.74, 6) is 0.0945. The van der Waals surface area contributed by atoms with E-state index in [4.69, 9.17) is 9.47 Å². The van der Waals surface area contributed by atoms with Crippen LogP contribution in [0.1, 0.15) is 26.3 Å². The molecule has 0 aliphatic carbocycles. The van der Waals surface area contributed by atoms with Crippen molar-refractivity contribution in [2.75, 3.05) is 7.11 Å². The monoisotopic (exact) mass is 374 g/mol. The van der Waals surface area contributed by atoms with Gasteiger partial charge >= 0.3 is 5.97 Å². The van der Waals surface area contributed by atoms with Crippen molar-refractivity contribution in [2.45, 2.75) is 0 Å². The normalized spacial score (nSPS) is 10.5. The second-order valence-electron chi connectivity index (χ2n) is 5.72. The van der Waals surface area contributed by atoms with E-state index in [1.807, 2.05) is 6.07 Å². The summed E-state index contributed by atoms with van der Waals surface area (Å²) in [7, 11) is 1.50. The van der Waals surface area contributed by atoms with Gasteiger partial charge in [-0.1, -0.05) is 30.3 Å². The number of rotatable bonds is 6. The number of nitrogens with zero attached hydrogens (tertiary/aromatic N) is 1. The first kappa shape index (κ1) is 18.8. The van der Waals surface area contributed by atoms with Gasteiger partial charge in [0.25, 0.3) is 5.91 Å². The van der Waals surface area contributed by atoms with Crippen molar-refractivity contribution in [1.82, 2.24) is 5.43 Å². The van der Waals surface area contributed by atoms with E-state index in [2.05, 4.69) is 10.5 Å². The molecule has 0 atom stereocenters. The third-order valence-electron chi connectivity index (χ3n) is 3.83. The van der Waals surface area contributed by atoms with Gasteiger partial charge in [0, 0.05) is 0 Å². The van der Waals surface area contributed by atoms with Crippen LogP contribution in [-0.2, 0) is 0 Å². The number of carbonyl (C=O) groups excluding carboxylic acids is 2.